The second kappa shape index (κ2) is 12.3. The van der Waals surface area contributed by atoms with Gasteiger partial charge in [-0.2, -0.15) is 0 Å². The molecule has 0 bridgehead atoms. The van der Waals surface area contributed by atoms with Crippen LogP contribution in [0.15, 0.2) is 38.8 Å². The summed E-state index contributed by atoms with van der Waals surface area (Å²) in [4.78, 5) is 21.3. The summed E-state index contributed by atoms with van der Waals surface area (Å²) in [7, 11) is 0. The van der Waals surface area contributed by atoms with Crippen molar-refractivity contribution < 1.29 is 9.59 Å². The lowest BCUT2D eigenvalue weighted by molar-refractivity contribution is -0.111. The SMILES string of the molecule is Brc1cccs1.CCC(=O)Cl.CCC(=O)c1cccs1. The topological polar surface area (TPSA) is 34.1 Å². The van der Waals surface area contributed by atoms with E-state index in [1.807, 2.05) is 41.9 Å². The molecule has 0 unspecified atom stereocenters. The Labute approximate surface area is 140 Å². The molecule has 0 amide bonds. The first-order chi connectivity index (χ1) is 9.51. The van der Waals surface area contributed by atoms with Crippen LogP contribution in [0.2, 0.25) is 0 Å². The normalized spacial score (nSPS) is 8.80. The lowest BCUT2D eigenvalue weighted by Crippen LogP contribution is -1.90. The summed E-state index contributed by atoms with van der Waals surface area (Å²) in [6.07, 6.45) is 1.04. The molecule has 2 heterocycles. The Kier molecular flexibility index (Phi) is 12.0. The summed E-state index contributed by atoms with van der Waals surface area (Å²) >= 11 is 11.3. The van der Waals surface area contributed by atoms with Crippen LogP contribution in [-0.4, -0.2) is 11.0 Å². The van der Waals surface area contributed by atoms with E-state index in [0.29, 0.717) is 12.8 Å². The van der Waals surface area contributed by atoms with Gasteiger partial charge in [0.15, 0.2) is 5.78 Å². The molecule has 2 aromatic heterocycles. The van der Waals surface area contributed by atoms with Crippen molar-refractivity contribution in [2.75, 3.05) is 0 Å². The number of carbonyl (C=O) groups excluding carboxylic acids is 2. The van der Waals surface area contributed by atoms with Crippen LogP contribution in [0, 0.1) is 0 Å². The molecule has 0 fully saturated rings. The number of carbonyl (C=O) groups is 2. The highest BCUT2D eigenvalue weighted by Gasteiger charge is 2.00. The number of hydrogen-bond donors (Lipinski definition) is 0. The third-order valence-electron chi connectivity index (χ3n) is 1.88. The van der Waals surface area contributed by atoms with E-state index in [1.54, 1.807) is 18.3 Å². The van der Waals surface area contributed by atoms with Gasteiger partial charge in [0.2, 0.25) is 5.24 Å². The van der Waals surface area contributed by atoms with Gasteiger partial charge in [-0.3, -0.25) is 9.59 Å². The van der Waals surface area contributed by atoms with Crippen LogP contribution in [0.1, 0.15) is 36.4 Å². The molecule has 2 rings (SSSR count). The maximum atomic E-state index is 10.9. The molecule has 0 N–H and O–H groups in total. The predicted molar refractivity (Wildman–Crippen MR) is 92.1 cm³/mol. The van der Waals surface area contributed by atoms with E-state index >= 15 is 0 Å². The Hall–Kier alpha value is -0.490. The van der Waals surface area contributed by atoms with Crippen molar-refractivity contribution in [3.8, 4) is 0 Å². The van der Waals surface area contributed by atoms with Gasteiger partial charge < -0.3 is 0 Å². The van der Waals surface area contributed by atoms with Gasteiger partial charge >= 0.3 is 0 Å². The zero-order chi connectivity index (χ0) is 15.4. The molecule has 110 valence electrons. The molecule has 0 radical (unpaired) electrons. The molecule has 2 nitrogen and oxygen atoms in total. The van der Waals surface area contributed by atoms with Crippen molar-refractivity contribution in [2.45, 2.75) is 26.7 Å². The van der Waals surface area contributed by atoms with E-state index in [1.165, 1.54) is 15.1 Å². The molecule has 0 aromatic carbocycles. The summed E-state index contributed by atoms with van der Waals surface area (Å²) in [5.41, 5.74) is 0. The highest BCUT2D eigenvalue weighted by molar-refractivity contribution is 9.11. The third kappa shape index (κ3) is 10.3. The van der Waals surface area contributed by atoms with Crippen LogP contribution in [-0.2, 0) is 4.79 Å². The van der Waals surface area contributed by atoms with Crippen molar-refractivity contribution in [3.63, 3.8) is 0 Å². The van der Waals surface area contributed by atoms with Crippen molar-refractivity contribution in [1.29, 1.82) is 0 Å². The maximum absolute atomic E-state index is 10.9. The van der Waals surface area contributed by atoms with Crippen molar-refractivity contribution >= 4 is 61.2 Å². The molecule has 0 aliphatic carbocycles. The first-order valence-electron chi connectivity index (χ1n) is 5.95. The minimum Gasteiger partial charge on any atom is -0.293 e. The largest absolute Gasteiger partial charge is 0.293 e. The molecule has 0 aliphatic rings. The monoisotopic (exact) mass is 394 g/mol. The van der Waals surface area contributed by atoms with Crippen LogP contribution >= 0.6 is 50.2 Å². The quantitative estimate of drug-likeness (QED) is 0.471. The van der Waals surface area contributed by atoms with E-state index < -0.39 is 0 Å². The van der Waals surface area contributed by atoms with E-state index in [2.05, 4.69) is 15.9 Å². The molecule has 0 atom stereocenters. The zero-order valence-corrected chi connectivity index (χ0v) is 15.2. The van der Waals surface area contributed by atoms with Crippen molar-refractivity contribution in [1.82, 2.24) is 0 Å². The Morgan fingerprint density at radius 2 is 1.65 bits per heavy atom. The number of Topliss-reactive ketones (excluding diaryl/α,β-unsaturated/α-hetero) is 1. The van der Waals surface area contributed by atoms with E-state index in [0.717, 1.165) is 4.88 Å². The lowest BCUT2D eigenvalue weighted by Gasteiger charge is -1.86. The molecule has 2 aromatic rings. The number of halogens is 2. The third-order valence-corrected chi connectivity index (χ3v) is 4.54. The summed E-state index contributed by atoms with van der Waals surface area (Å²) in [5, 5.41) is 3.68. The molecule has 20 heavy (non-hydrogen) atoms. The molecule has 0 saturated carbocycles. The number of rotatable bonds is 3. The van der Waals surface area contributed by atoms with Gasteiger partial charge in [-0.05, 0) is 50.4 Å². The second-order valence-electron chi connectivity index (χ2n) is 3.38. The molecule has 0 aliphatic heterocycles. The zero-order valence-electron chi connectivity index (χ0n) is 11.3. The highest BCUT2D eigenvalue weighted by Crippen LogP contribution is 2.14. The second-order valence-corrected chi connectivity index (χ2v) is 7.08. The van der Waals surface area contributed by atoms with Crippen LogP contribution in [0.25, 0.3) is 0 Å². The van der Waals surface area contributed by atoms with Gasteiger partial charge in [0.1, 0.15) is 0 Å². The van der Waals surface area contributed by atoms with Crippen LogP contribution < -0.4 is 0 Å². The summed E-state index contributed by atoms with van der Waals surface area (Å²) in [6, 6.07) is 7.78. The number of ketones is 1. The maximum Gasteiger partial charge on any atom is 0.221 e. The fourth-order valence-electron chi connectivity index (χ4n) is 0.870. The number of thiophene rings is 2. The fraction of sp³-hybridized carbons (Fsp3) is 0.286. The Balaban J connectivity index is 0.000000288. The van der Waals surface area contributed by atoms with Crippen LogP contribution in [0.5, 0.6) is 0 Å². The average Bonchev–Trinajstić information content (AvgIpc) is 3.12. The minimum absolute atomic E-state index is 0.241. The van der Waals surface area contributed by atoms with E-state index in [4.69, 9.17) is 11.6 Å². The highest BCUT2D eigenvalue weighted by atomic mass is 79.9. The van der Waals surface area contributed by atoms with Crippen molar-refractivity contribution in [3.05, 3.63) is 43.7 Å². The van der Waals surface area contributed by atoms with Crippen LogP contribution in [0.3, 0.4) is 0 Å². The van der Waals surface area contributed by atoms with Crippen molar-refractivity contribution in [2.24, 2.45) is 0 Å². The van der Waals surface area contributed by atoms with Gasteiger partial charge in [0.25, 0.3) is 0 Å². The summed E-state index contributed by atoms with van der Waals surface area (Å²) in [6.45, 7) is 3.59. The molecule has 6 heteroatoms. The van der Waals surface area contributed by atoms with Gasteiger partial charge in [0.05, 0.1) is 8.66 Å². The smallest absolute Gasteiger partial charge is 0.221 e. The standard InChI is InChI=1S/C7H8OS.C4H3BrS.C3H5ClO/c1-2-6(8)7-4-3-5-9-7;5-4-2-1-3-6-4;1-2-3(4)5/h3-5H,2H2,1H3;1-3H;2H2,1H3. The summed E-state index contributed by atoms with van der Waals surface area (Å²) in [5.74, 6) is 0.241. The Morgan fingerprint density at radius 3 is 1.90 bits per heavy atom. The fourth-order valence-corrected chi connectivity index (χ4v) is 2.53. The molecular weight excluding hydrogens is 380 g/mol. The first-order valence-corrected chi connectivity index (χ1v) is 8.88. The average molecular weight is 396 g/mol. The minimum atomic E-state index is -0.273. The number of hydrogen-bond acceptors (Lipinski definition) is 4. The van der Waals surface area contributed by atoms with Gasteiger partial charge in [-0.1, -0.05) is 26.0 Å². The van der Waals surface area contributed by atoms with Crippen LogP contribution in [0.4, 0.5) is 0 Å². The van der Waals surface area contributed by atoms with Gasteiger partial charge in [0, 0.05) is 12.8 Å². The lowest BCUT2D eigenvalue weighted by atomic mass is 10.3. The van der Waals surface area contributed by atoms with E-state index in [-0.39, 0.29) is 11.0 Å². The van der Waals surface area contributed by atoms with Gasteiger partial charge in [-0.25, -0.2) is 0 Å². The molecule has 0 saturated heterocycles. The Bertz CT molecular complexity index is 481. The predicted octanol–water partition coefficient (Wildman–Crippen LogP) is 6.01. The summed E-state index contributed by atoms with van der Waals surface area (Å²) < 4.78 is 1.20. The molecular formula is C14H16BrClO2S2. The first kappa shape index (κ1) is 19.5. The van der Waals surface area contributed by atoms with E-state index in [9.17, 15) is 9.59 Å². The van der Waals surface area contributed by atoms with Gasteiger partial charge in [-0.15, -0.1) is 22.7 Å². The Morgan fingerprint density at radius 1 is 1.10 bits per heavy atom. The molecule has 0 spiro atoms.